The summed E-state index contributed by atoms with van der Waals surface area (Å²) in [7, 11) is 1.58. The summed E-state index contributed by atoms with van der Waals surface area (Å²) in [6.07, 6.45) is 4.85. The lowest BCUT2D eigenvalue weighted by atomic mass is 10.2. The fourth-order valence-electron chi connectivity index (χ4n) is 2.35. The Labute approximate surface area is 159 Å². The molecule has 0 atom stereocenters. The standard InChI is InChI=1S/C18H17ClN2O4S/c1-3-24-15-10-12(4-6-14(15)23-2)5-7-16(22)25-11-13-17(19)20-18-21(13)8-9-26-18/h4-10H,3,11H2,1-2H3/b7-5+. The van der Waals surface area contributed by atoms with Crippen molar-refractivity contribution in [2.45, 2.75) is 13.5 Å². The third-order valence-corrected chi connectivity index (χ3v) is 4.62. The van der Waals surface area contributed by atoms with Crippen molar-refractivity contribution in [3.8, 4) is 11.5 Å². The average molecular weight is 393 g/mol. The highest BCUT2D eigenvalue weighted by atomic mass is 35.5. The van der Waals surface area contributed by atoms with Gasteiger partial charge in [0.15, 0.2) is 21.6 Å². The molecule has 0 bridgehead atoms. The molecule has 26 heavy (non-hydrogen) atoms. The summed E-state index contributed by atoms with van der Waals surface area (Å²) >= 11 is 7.54. The van der Waals surface area contributed by atoms with Crippen molar-refractivity contribution in [3.63, 3.8) is 0 Å². The van der Waals surface area contributed by atoms with Crippen LogP contribution in [0.25, 0.3) is 11.0 Å². The molecule has 2 aromatic heterocycles. The first-order chi connectivity index (χ1) is 12.6. The molecule has 2 heterocycles. The molecule has 3 rings (SSSR count). The number of thiazole rings is 1. The van der Waals surface area contributed by atoms with E-state index in [1.165, 1.54) is 17.4 Å². The number of benzene rings is 1. The van der Waals surface area contributed by atoms with Gasteiger partial charge in [0.1, 0.15) is 6.61 Å². The van der Waals surface area contributed by atoms with E-state index >= 15 is 0 Å². The zero-order valence-corrected chi connectivity index (χ0v) is 15.8. The van der Waals surface area contributed by atoms with Gasteiger partial charge in [-0.05, 0) is 30.7 Å². The molecule has 8 heteroatoms. The molecule has 0 aliphatic carbocycles. The van der Waals surface area contributed by atoms with Crippen molar-refractivity contribution in [1.29, 1.82) is 0 Å². The van der Waals surface area contributed by atoms with Gasteiger partial charge in [-0.2, -0.15) is 0 Å². The fraction of sp³-hybridized carbons (Fsp3) is 0.222. The summed E-state index contributed by atoms with van der Waals surface area (Å²) in [5.74, 6) is 0.790. The Morgan fingerprint density at radius 1 is 1.38 bits per heavy atom. The van der Waals surface area contributed by atoms with E-state index in [9.17, 15) is 4.79 Å². The van der Waals surface area contributed by atoms with Crippen molar-refractivity contribution in [3.05, 3.63) is 52.3 Å². The van der Waals surface area contributed by atoms with Crippen molar-refractivity contribution in [2.24, 2.45) is 0 Å². The molecule has 0 spiro atoms. The van der Waals surface area contributed by atoms with E-state index < -0.39 is 5.97 Å². The number of aromatic nitrogens is 2. The number of hydrogen-bond donors (Lipinski definition) is 0. The number of carbonyl (C=O) groups is 1. The Morgan fingerprint density at radius 3 is 3.00 bits per heavy atom. The Balaban J connectivity index is 1.65. The van der Waals surface area contributed by atoms with Crippen LogP contribution in [0.1, 0.15) is 18.2 Å². The van der Waals surface area contributed by atoms with Crippen LogP contribution in [0.2, 0.25) is 5.15 Å². The van der Waals surface area contributed by atoms with Gasteiger partial charge >= 0.3 is 5.97 Å². The summed E-state index contributed by atoms with van der Waals surface area (Å²) in [4.78, 5) is 17.0. The molecule has 0 aliphatic rings. The van der Waals surface area contributed by atoms with Gasteiger partial charge in [0.05, 0.1) is 19.4 Å². The molecule has 0 aliphatic heterocycles. The van der Waals surface area contributed by atoms with Gasteiger partial charge in [0.25, 0.3) is 0 Å². The SMILES string of the molecule is CCOc1cc(/C=C/C(=O)OCc2c(Cl)nc3sccn23)ccc1OC. The highest BCUT2D eigenvalue weighted by Gasteiger charge is 2.12. The molecular formula is C18H17ClN2O4S. The summed E-state index contributed by atoms with van der Waals surface area (Å²) < 4.78 is 17.8. The first-order valence-corrected chi connectivity index (χ1v) is 9.13. The lowest BCUT2D eigenvalue weighted by Crippen LogP contribution is -2.03. The molecular weight excluding hydrogens is 376 g/mol. The molecule has 0 amide bonds. The van der Waals surface area contributed by atoms with Crippen LogP contribution in [0, 0.1) is 0 Å². The van der Waals surface area contributed by atoms with Gasteiger partial charge in [-0.25, -0.2) is 9.78 Å². The van der Waals surface area contributed by atoms with E-state index in [-0.39, 0.29) is 6.61 Å². The number of fused-ring (bicyclic) bond motifs is 1. The molecule has 0 unspecified atom stereocenters. The normalized spacial score (nSPS) is 11.2. The average Bonchev–Trinajstić information content (AvgIpc) is 3.19. The summed E-state index contributed by atoms with van der Waals surface area (Å²) in [5, 5.41) is 2.23. The molecule has 0 fully saturated rings. The number of esters is 1. The molecule has 1 aromatic carbocycles. The minimum Gasteiger partial charge on any atom is -0.493 e. The first-order valence-electron chi connectivity index (χ1n) is 7.88. The van der Waals surface area contributed by atoms with E-state index in [2.05, 4.69) is 4.98 Å². The summed E-state index contributed by atoms with van der Waals surface area (Å²) in [5.41, 5.74) is 1.45. The smallest absolute Gasteiger partial charge is 0.331 e. The quantitative estimate of drug-likeness (QED) is 0.445. The van der Waals surface area contributed by atoms with Crippen LogP contribution in [0.4, 0.5) is 0 Å². The monoisotopic (exact) mass is 392 g/mol. The van der Waals surface area contributed by atoms with Crippen LogP contribution in [0.3, 0.4) is 0 Å². The van der Waals surface area contributed by atoms with Gasteiger partial charge < -0.3 is 14.2 Å². The fourth-order valence-corrected chi connectivity index (χ4v) is 3.36. The Bertz CT molecular complexity index is 948. The van der Waals surface area contributed by atoms with Gasteiger partial charge in [-0.1, -0.05) is 17.7 Å². The minimum absolute atomic E-state index is 0.0483. The van der Waals surface area contributed by atoms with E-state index in [0.29, 0.717) is 29.0 Å². The third kappa shape index (κ3) is 4.00. The molecule has 0 N–H and O–H groups in total. The Morgan fingerprint density at radius 2 is 2.23 bits per heavy atom. The molecule has 6 nitrogen and oxygen atoms in total. The largest absolute Gasteiger partial charge is 0.493 e. The number of imidazole rings is 1. The number of carbonyl (C=O) groups excluding carboxylic acids is 1. The van der Waals surface area contributed by atoms with E-state index in [0.717, 1.165) is 10.5 Å². The van der Waals surface area contributed by atoms with Crippen molar-refractivity contribution in [1.82, 2.24) is 9.38 Å². The topological polar surface area (TPSA) is 62.1 Å². The van der Waals surface area contributed by atoms with Crippen molar-refractivity contribution in [2.75, 3.05) is 13.7 Å². The lowest BCUT2D eigenvalue weighted by molar-refractivity contribution is -0.139. The number of nitrogens with zero attached hydrogens (tertiary/aromatic N) is 2. The molecule has 0 saturated heterocycles. The minimum atomic E-state index is -0.472. The molecule has 136 valence electrons. The second kappa shape index (κ2) is 8.25. The molecule has 3 aromatic rings. The second-order valence-electron chi connectivity index (χ2n) is 5.19. The third-order valence-electron chi connectivity index (χ3n) is 3.56. The number of ether oxygens (including phenoxy) is 3. The number of halogens is 1. The molecule has 0 saturated carbocycles. The number of rotatable bonds is 7. The maximum Gasteiger partial charge on any atom is 0.331 e. The summed E-state index contributed by atoms with van der Waals surface area (Å²) in [6.45, 7) is 2.47. The van der Waals surface area contributed by atoms with Crippen molar-refractivity contribution >= 4 is 39.9 Å². The Kier molecular flexibility index (Phi) is 5.80. The van der Waals surface area contributed by atoms with E-state index in [1.807, 2.05) is 29.0 Å². The van der Waals surface area contributed by atoms with Gasteiger partial charge in [-0.15, -0.1) is 11.3 Å². The van der Waals surface area contributed by atoms with Gasteiger partial charge in [0.2, 0.25) is 0 Å². The summed E-state index contributed by atoms with van der Waals surface area (Å²) in [6, 6.07) is 5.41. The Hall–Kier alpha value is -2.51. The van der Waals surface area contributed by atoms with Crippen LogP contribution >= 0.6 is 22.9 Å². The first kappa shape index (κ1) is 18.3. The molecule has 0 radical (unpaired) electrons. The highest BCUT2D eigenvalue weighted by molar-refractivity contribution is 7.15. The zero-order chi connectivity index (χ0) is 18.5. The van der Waals surface area contributed by atoms with Crippen LogP contribution in [0.5, 0.6) is 11.5 Å². The predicted molar refractivity (Wildman–Crippen MR) is 101 cm³/mol. The van der Waals surface area contributed by atoms with Crippen LogP contribution in [-0.4, -0.2) is 29.1 Å². The predicted octanol–water partition coefficient (Wildman–Crippen LogP) is 4.21. The lowest BCUT2D eigenvalue weighted by Gasteiger charge is -2.09. The number of methoxy groups -OCH3 is 1. The van der Waals surface area contributed by atoms with Gasteiger partial charge in [0, 0.05) is 17.7 Å². The highest BCUT2D eigenvalue weighted by Crippen LogP contribution is 2.28. The van der Waals surface area contributed by atoms with Crippen LogP contribution in [-0.2, 0) is 16.1 Å². The zero-order valence-electron chi connectivity index (χ0n) is 14.3. The second-order valence-corrected chi connectivity index (χ2v) is 6.42. The van der Waals surface area contributed by atoms with Crippen LogP contribution in [0.15, 0.2) is 35.9 Å². The van der Waals surface area contributed by atoms with Gasteiger partial charge in [-0.3, -0.25) is 4.40 Å². The maximum absolute atomic E-state index is 12.0. The van der Waals surface area contributed by atoms with Crippen molar-refractivity contribution < 1.29 is 19.0 Å². The van der Waals surface area contributed by atoms with E-state index in [1.54, 1.807) is 25.3 Å². The van der Waals surface area contributed by atoms with Crippen LogP contribution < -0.4 is 9.47 Å². The number of hydrogen-bond acceptors (Lipinski definition) is 6. The maximum atomic E-state index is 12.0. The van der Waals surface area contributed by atoms with E-state index in [4.69, 9.17) is 25.8 Å².